The average molecular weight is 314 g/mol. The fourth-order valence-electron chi connectivity index (χ4n) is 2.66. The number of aromatic nitrogens is 1. The molecule has 0 unspecified atom stereocenters. The number of ether oxygens (including phenoxy) is 2. The van der Waals surface area contributed by atoms with Crippen LogP contribution in [0.2, 0.25) is 0 Å². The quantitative estimate of drug-likeness (QED) is 0.905. The fraction of sp³-hybridized carbons (Fsp3) is 0.353. The van der Waals surface area contributed by atoms with Crippen molar-refractivity contribution in [1.29, 1.82) is 0 Å². The summed E-state index contributed by atoms with van der Waals surface area (Å²) in [5.41, 5.74) is 3.25. The molecule has 1 aromatic carbocycles. The predicted octanol–water partition coefficient (Wildman–Crippen LogP) is 2.70. The Morgan fingerprint density at radius 2 is 2.00 bits per heavy atom. The van der Waals surface area contributed by atoms with Gasteiger partial charge >= 0.3 is 0 Å². The molecule has 1 aliphatic heterocycles. The van der Waals surface area contributed by atoms with Crippen LogP contribution < -0.4 is 20.1 Å². The maximum absolute atomic E-state index is 5.33. The van der Waals surface area contributed by atoms with Crippen molar-refractivity contribution >= 4 is 17.2 Å². The van der Waals surface area contributed by atoms with Gasteiger partial charge in [-0.2, -0.15) is 0 Å². The number of nitrogens with zero attached hydrogens (tertiary/aromatic N) is 2. The molecule has 23 heavy (non-hydrogen) atoms. The molecule has 1 aliphatic rings. The lowest BCUT2D eigenvalue weighted by Gasteiger charge is -2.14. The first kappa shape index (κ1) is 15.4. The van der Waals surface area contributed by atoms with E-state index < -0.39 is 0 Å². The molecule has 0 aliphatic carbocycles. The maximum atomic E-state index is 5.33. The van der Waals surface area contributed by atoms with Crippen molar-refractivity contribution < 1.29 is 9.47 Å². The molecule has 6 heteroatoms. The summed E-state index contributed by atoms with van der Waals surface area (Å²) in [6, 6.07) is 7.76. The zero-order valence-electron chi connectivity index (χ0n) is 13.7. The van der Waals surface area contributed by atoms with Crippen molar-refractivity contribution in [2.24, 2.45) is 0 Å². The number of hydrogen-bond donors (Lipinski definition) is 2. The van der Waals surface area contributed by atoms with E-state index in [1.807, 2.05) is 30.5 Å². The van der Waals surface area contributed by atoms with E-state index in [2.05, 4.69) is 27.6 Å². The summed E-state index contributed by atoms with van der Waals surface area (Å²) < 4.78 is 10.6. The van der Waals surface area contributed by atoms with Gasteiger partial charge in [0.1, 0.15) is 5.82 Å². The third kappa shape index (κ3) is 3.48. The van der Waals surface area contributed by atoms with Gasteiger partial charge in [0.2, 0.25) is 0 Å². The summed E-state index contributed by atoms with van der Waals surface area (Å²) in [5, 5.41) is 6.77. The smallest absolute Gasteiger partial charge is 0.162 e. The van der Waals surface area contributed by atoms with Gasteiger partial charge in [0.15, 0.2) is 11.5 Å². The number of likely N-dealkylation sites (N-methyl/N-ethyl adjacent to an activating group) is 1. The number of methoxy groups -OCH3 is 2. The Morgan fingerprint density at radius 3 is 2.78 bits per heavy atom. The van der Waals surface area contributed by atoms with Crippen molar-refractivity contribution in [1.82, 2.24) is 9.88 Å². The molecule has 2 heterocycles. The zero-order chi connectivity index (χ0) is 16.2. The van der Waals surface area contributed by atoms with Crippen LogP contribution >= 0.6 is 0 Å². The Morgan fingerprint density at radius 1 is 1.17 bits per heavy atom. The van der Waals surface area contributed by atoms with E-state index in [1.54, 1.807) is 14.2 Å². The molecule has 0 atom stereocenters. The van der Waals surface area contributed by atoms with Crippen LogP contribution in [0, 0.1) is 0 Å². The summed E-state index contributed by atoms with van der Waals surface area (Å²) in [5.74, 6) is 2.19. The predicted molar refractivity (Wildman–Crippen MR) is 91.9 cm³/mol. The van der Waals surface area contributed by atoms with Gasteiger partial charge in [-0.3, -0.25) is 0 Å². The lowest BCUT2D eigenvalue weighted by atomic mass is 10.2. The van der Waals surface area contributed by atoms with E-state index in [-0.39, 0.29) is 0 Å². The van der Waals surface area contributed by atoms with Crippen molar-refractivity contribution in [2.75, 3.05) is 45.0 Å². The molecular weight excluding hydrogens is 292 g/mol. The summed E-state index contributed by atoms with van der Waals surface area (Å²) in [6.07, 6.45) is 1.92. The molecule has 2 N–H and O–H groups in total. The lowest BCUT2D eigenvalue weighted by molar-refractivity contribution is 0.346. The molecule has 0 radical (unpaired) electrons. The van der Waals surface area contributed by atoms with Crippen molar-refractivity contribution in [3.8, 4) is 11.5 Å². The minimum absolute atomic E-state index is 0.687. The lowest BCUT2D eigenvalue weighted by Crippen LogP contribution is -2.20. The fourth-order valence-corrected chi connectivity index (χ4v) is 2.66. The van der Waals surface area contributed by atoms with Crippen molar-refractivity contribution in [3.63, 3.8) is 0 Å². The van der Waals surface area contributed by atoms with Crippen molar-refractivity contribution in [3.05, 3.63) is 36.0 Å². The topological polar surface area (TPSA) is 58.7 Å². The molecular formula is C17H22N4O2. The SMILES string of the molecule is COc1ccc(Nc2cc3c(cn2)CN(C)CCN3)cc1OC. The van der Waals surface area contributed by atoms with Crippen LogP contribution in [-0.4, -0.2) is 44.2 Å². The van der Waals surface area contributed by atoms with Gasteiger partial charge in [0, 0.05) is 54.9 Å². The Bertz CT molecular complexity index is 690. The molecule has 122 valence electrons. The Hall–Kier alpha value is -2.47. The van der Waals surface area contributed by atoms with E-state index in [4.69, 9.17) is 9.47 Å². The minimum atomic E-state index is 0.687. The van der Waals surface area contributed by atoms with E-state index in [0.29, 0.717) is 11.5 Å². The third-order valence-electron chi connectivity index (χ3n) is 3.89. The molecule has 1 aromatic heterocycles. The Balaban J connectivity index is 1.82. The van der Waals surface area contributed by atoms with Gasteiger partial charge in [-0.05, 0) is 19.2 Å². The van der Waals surface area contributed by atoms with Crippen LogP contribution in [0.5, 0.6) is 11.5 Å². The first-order chi connectivity index (χ1) is 11.2. The second kappa shape index (κ2) is 6.75. The highest BCUT2D eigenvalue weighted by Gasteiger charge is 2.12. The summed E-state index contributed by atoms with van der Waals surface area (Å²) >= 11 is 0. The van der Waals surface area contributed by atoms with Crippen LogP contribution in [0.1, 0.15) is 5.56 Å². The summed E-state index contributed by atoms with van der Waals surface area (Å²) in [7, 11) is 5.37. The van der Waals surface area contributed by atoms with E-state index in [0.717, 1.165) is 36.8 Å². The molecule has 0 fully saturated rings. The average Bonchev–Trinajstić information content (AvgIpc) is 2.75. The Kier molecular flexibility index (Phi) is 4.52. The van der Waals surface area contributed by atoms with Gasteiger partial charge in [-0.15, -0.1) is 0 Å². The number of anilines is 3. The van der Waals surface area contributed by atoms with Gasteiger partial charge in [0.25, 0.3) is 0 Å². The Labute approximate surface area is 136 Å². The van der Waals surface area contributed by atoms with Gasteiger partial charge in [-0.1, -0.05) is 0 Å². The molecule has 0 bridgehead atoms. The second-order valence-corrected chi connectivity index (χ2v) is 5.59. The number of pyridine rings is 1. The molecule has 3 rings (SSSR count). The third-order valence-corrected chi connectivity index (χ3v) is 3.89. The monoisotopic (exact) mass is 314 g/mol. The maximum Gasteiger partial charge on any atom is 0.162 e. The second-order valence-electron chi connectivity index (χ2n) is 5.59. The number of benzene rings is 1. The summed E-state index contributed by atoms with van der Waals surface area (Å²) in [4.78, 5) is 6.79. The molecule has 6 nitrogen and oxygen atoms in total. The molecule has 0 saturated heterocycles. The van der Waals surface area contributed by atoms with Gasteiger partial charge in [0.05, 0.1) is 14.2 Å². The van der Waals surface area contributed by atoms with E-state index >= 15 is 0 Å². The number of fused-ring (bicyclic) bond motifs is 1. The van der Waals surface area contributed by atoms with Crippen LogP contribution in [0.4, 0.5) is 17.2 Å². The first-order valence-corrected chi connectivity index (χ1v) is 7.60. The summed E-state index contributed by atoms with van der Waals surface area (Å²) in [6.45, 7) is 2.86. The highest BCUT2D eigenvalue weighted by atomic mass is 16.5. The van der Waals surface area contributed by atoms with E-state index in [1.165, 1.54) is 5.56 Å². The molecule has 0 spiro atoms. The largest absolute Gasteiger partial charge is 0.493 e. The standard InChI is InChI=1S/C17H22N4O2/c1-21-7-6-18-14-9-17(19-10-12(14)11-21)20-13-4-5-15(22-2)16(8-13)23-3/h4-5,8-10,18H,6-7,11H2,1-3H3,(H,19,20). The first-order valence-electron chi connectivity index (χ1n) is 7.60. The zero-order valence-corrected chi connectivity index (χ0v) is 13.7. The normalized spacial score (nSPS) is 14.4. The molecule has 0 saturated carbocycles. The minimum Gasteiger partial charge on any atom is -0.493 e. The van der Waals surface area contributed by atoms with Crippen molar-refractivity contribution in [2.45, 2.75) is 6.54 Å². The van der Waals surface area contributed by atoms with Gasteiger partial charge in [-0.25, -0.2) is 4.98 Å². The number of rotatable bonds is 4. The van der Waals surface area contributed by atoms with E-state index in [9.17, 15) is 0 Å². The highest BCUT2D eigenvalue weighted by molar-refractivity contribution is 5.65. The number of nitrogens with one attached hydrogen (secondary N) is 2. The van der Waals surface area contributed by atoms with Crippen LogP contribution in [0.25, 0.3) is 0 Å². The molecule has 2 aromatic rings. The molecule has 0 amide bonds. The van der Waals surface area contributed by atoms with Crippen LogP contribution in [0.3, 0.4) is 0 Å². The van der Waals surface area contributed by atoms with Crippen LogP contribution in [0.15, 0.2) is 30.5 Å². The highest BCUT2D eigenvalue weighted by Crippen LogP contribution is 2.31. The van der Waals surface area contributed by atoms with Gasteiger partial charge < -0.3 is 25.0 Å². The number of hydrogen-bond acceptors (Lipinski definition) is 6. The van der Waals surface area contributed by atoms with Crippen LogP contribution in [-0.2, 0) is 6.54 Å².